The summed E-state index contributed by atoms with van der Waals surface area (Å²) in [5.74, 6) is 0. The molecule has 0 amide bonds. The van der Waals surface area contributed by atoms with Gasteiger partial charge in [-0.1, -0.05) is 57.8 Å². The third-order valence-corrected chi connectivity index (χ3v) is 5.32. The summed E-state index contributed by atoms with van der Waals surface area (Å²) in [6.07, 6.45) is 16.2. The molecule has 0 aliphatic heterocycles. The molecule has 1 aliphatic carbocycles. The van der Waals surface area contributed by atoms with Gasteiger partial charge in [-0.25, -0.2) is 0 Å². The molecule has 0 heterocycles. The van der Waals surface area contributed by atoms with E-state index in [1.165, 1.54) is 70.6 Å². The molecule has 0 aromatic rings. The van der Waals surface area contributed by atoms with Gasteiger partial charge in [-0.05, 0) is 26.3 Å². The molecule has 0 aromatic carbocycles. The van der Waals surface area contributed by atoms with Gasteiger partial charge in [-0.2, -0.15) is 0 Å². The van der Waals surface area contributed by atoms with Crippen molar-refractivity contribution in [3.8, 4) is 0 Å². The van der Waals surface area contributed by atoms with Crippen molar-refractivity contribution >= 4 is 0 Å². The predicted molar refractivity (Wildman–Crippen MR) is 91.7 cm³/mol. The zero-order valence-corrected chi connectivity index (χ0v) is 14.5. The van der Waals surface area contributed by atoms with Gasteiger partial charge >= 0.3 is 0 Å². The van der Waals surface area contributed by atoms with Crippen LogP contribution in [0.5, 0.6) is 0 Å². The lowest BCUT2D eigenvalue weighted by Crippen LogP contribution is -2.52. The van der Waals surface area contributed by atoms with Crippen LogP contribution in [0.4, 0.5) is 0 Å². The van der Waals surface area contributed by atoms with Crippen molar-refractivity contribution in [3.63, 3.8) is 0 Å². The smallest absolute Gasteiger partial charge is 0.0474 e. The van der Waals surface area contributed by atoms with E-state index in [1.54, 1.807) is 7.11 Å². The second-order valence-electron chi connectivity index (χ2n) is 6.88. The van der Waals surface area contributed by atoms with Crippen molar-refractivity contribution in [3.05, 3.63) is 0 Å². The molecule has 0 aromatic heterocycles. The van der Waals surface area contributed by atoms with Gasteiger partial charge in [-0.15, -0.1) is 0 Å². The van der Waals surface area contributed by atoms with E-state index in [2.05, 4.69) is 11.9 Å². The molecule has 0 unspecified atom stereocenters. The van der Waals surface area contributed by atoms with Gasteiger partial charge in [0.1, 0.15) is 0 Å². The van der Waals surface area contributed by atoms with Gasteiger partial charge < -0.3 is 10.5 Å². The van der Waals surface area contributed by atoms with E-state index in [-0.39, 0.29) is 5.54 Å². The second-order valence-corrected chi connectivity index (χ2v) is 6.88. The number of rotatable bonds is 6. The largest absolute Gasteiger partial charge is 0.385 e. The van der Waals surface area contributed by atoms with E-state index >= 15 is 0 Å². The molecule has 21 heavy (non-hydrogen) atoms. The van der Waals surface area contributed by atoms with E-state index in [4.69, 9.17) is 10.5 Å². The summed E-state index contributed by atoms with van der Waals surface area (Å²) in [6.45, 7) is 2.76. The topological polar surface area (TPSA) is 38.5 Å². The molecule has 0 bridgehead atoms. The molecule has 1 rings (SSSR count). The minimum atomic E-state index is 0.229. The fourth-order valence-electron chi connectivity index (χ4n) is 3.70. The van der Waals surface area contributed by atoms with Crippen LogP contribution >= 0.6 is 0 Å². The molecule has 126 valence electrons. The van der Waals surface area contributed by atoms with Gasteiger partial charge in [0.15, 0.2) is 0 Å². The molecular formula is C18H38N2O. The Labute approximate surface area is 132 Å². The van der Waals surface area contributed by atoms with Gasteiger partial charge in [0.2, 0.25) is 0 Å². The fourth-order valence-corrected chi connectivity index (χ4v) is 3.70. The molecule has 3 nitrogen and oxygen atoms in total. The zero-order chi connectivity index (χ0) is 15.4. The van der Waals surface area contributed by atoms with Crippen molar-refractivity contribution in [1.82, 2.24) is 4.90 Å². The minimum Gasteiger partial charge on any atom is -0.385 e. The molecule has 0 saturated heterocycles. The first-order chi connectivity index (χ1) is 10.2. The van der Waals surface area contributed by atoms with Gasteiger partial charge in [0.25, 0.3) is 0 Å². The summed E-state index contributed by atoms with van der Waals surface area (Å²) in [5.41, 5.74) is 6.48. The van der Waals surface area contributed by atoms with Crippen LogP contribution in [0, 0.1) is 0 Å². The van der Waals surface area contributed by atoms with Crippen LogP contribution in [0.15, 0.2) is 0 Å². The van der Waals surface area contributed by atoms with E-state index in [9.17, 15) is 0 Å². The minimum absolute atomic E-state index is 0.229. The molecule has 0 atom stereocenters. The highest BCUT2D eigenvalue weighted by Gasteiger charge is 2.31. The molecule has 0 spiro atoms. The highest BCUT2D eigenvalue weighted by molar-refractivity contribution is 4.90. The molecule has 3 heteroatoms. The summed E-state index contributed by atoms with van der Waals surface area (Å²) in [7, 11) is 4.06. The highest BCUT2D eigenvalue weighted by Crippen LogP contribution is 2.29. The summed E-state index contributed by atoms with van der Waals surface area (Å²) in [4.78, 5) is 2.54. The highest BCUT2D eigenvalue weighted by atomic mass is 16.5. The van der Waals surface area contributed by atoms with Gasteiger partial charge in [0, 0.05) is 32.3 Å². The fraction of sp³-hybridized carbons (Fsp3) is 1.00. The number of ether oxygens (including phenoxy) is 1. The quantitative estimate of drug-likeness (QED) is 0.754. The molecule has 2 N–H and O–H groups in total. The van der Waals surface area contributed by atoms with Crippen molar-refractivity contribution < 1.29 is 4.74 Å². The molecule has 1 aliphatic rings. The average Bonchev–Trinajstić information content (AvgIpc) is 2.48. The number of likely N-dealkylation sites (N-methyl/N-ethyl adjacent to an activating group) is 1. The summed E-state index contributed by atoms with van der Waals surface area (Å²) >= 11 is 0. The van der Waals surface area contributed by atoms with Crippen LogP contribution in [0.2, 0.25) is 0 Å². The van der Waals surface area contributed by atoms with Crippen molar-refractivity contribution in [2.45, 2.75) is 82.6 Å². The SMILES string of the molecule is COCCCN(C)C1(CN)CCCCCCCCCCC1. The lowest BCUT2D eigenvalue weighted by Gasteiger charge is -2.42. The Morgan fingerprint density at radius 3 is 1.81 bits per heavy atom. The first kappa shape index (κ1) is 18.9. The first-order valence-corrected chi connectivity index (χ1v) is 9.15. The number of hydrogen-bond acceptors (Lipinski definition) is 3. The average molecular weight is 299 g/mol. The first-order valence-electron chi connectivity index (χ1n) is 9.15. The van der Waals surface area contributed by atoms with Gasteiger partial charge in [-0.3, -0.25) is 4.90 Å². The van der Waals surface area contributed by atoms with E-state index in [0.29, 0.717) is 0 Å². The van der Waals surface area contributed by atoms with E-state index < -0.39 is 0 Å². The third kappa shape index (κ3) is 7.12. The Balaban J connectivity index is 2.56. The van der Waals surface area contributed by atoms with Gasteiger partial charge in [0.05, 0.1) is 0 Å². The number of methoxy groups -OCH3 is 1. The van der Waals surface area contributed by atoms with Crippen LogP contribution in [0.25, 0.3) is 0 Å². The Bertz CT molecular complexity index is 233. The Hall–Kier alpha value is -0.120. The summed E-state index contributed by atoms with van der Waals surface area (Å²) in [6, 6.07) is 0. The van der Waals surface area contributed by atoms with E-state index in [0.717, 1.165) is 26.1 Å². The van der Waals surface area contributed by atoms with Crippen LogP contribution in [-0.2, 0) is 4.74 Å². The maximum absolute atomic E-state index is 6.25. The zero-order valence-electron chi connectivity index (χ0n) is 14.5. The summed E-state index contributed by atoms with van der Waals surface area (Å²) < 4.78 is 5.20. The monoisotopic (exact) mass is 298 g/mol. The Kier molecular flexibility index (Phi) is 10.3. The summed E-state index contributed by atoms with van der Waals surface area (Å²) in [5, 5.41) is 0. The van der Waals surface area contributed by atoms with Crippen LogP contribution in [0.1, 0.15) is 77.0 Å². The maximum Gasteiger partial charge on any atom is 0.0474 e. The molecule has 0 radical (unpaired) electrons. The lowest BCUT2D eigenvalue weighted by molar-refractivity contribution is 0.0848. The van der Waals surface area contributed by atoms with Crippen molar-refractivity contribution in [2.75, 3.05) is 33.9 Å². The van der Waals surface area contributed by atoms with Crippen molar-refractivity contribution in [2.24, 2.45) is 5.73 Å². The normalized spacial score (nSPS) is 21.7. The Morgan fingerprint density at radius 2 is 1.38 bits per heavy atom. The third-order valence-electron chi connectivity index (χ3n) is 5.32. The number of hydrogen-bond donors (Lipinski definition) is 1. The predicted octanol–water partition coefficient (Wildman–Crippen LogP) is 3.96. The van der Waals surface area contributed by atoms with E-state index in [1.807, 2.05) is 0 Å². The van der Waals surface area contributed by atoms with Crippen LogP contribution in [-0.4, -0.2) is 44.3 Å². The second kappa shape index (κ2) is 11.4. The molecule has 1 fully saturated rings. The van der Waals surface area contributed by atoms with Crippen LogP contribution < -0.4 is 5.73 Å². The molecular weight excluding hydrogens is 260 g/mol. The standard InChI is InChI=1S/C18H38N2O/c1-20(15-12-16-21-2)18(17-19)13-10-8-6-4-3-5-7-9-11-14-18/h3-17,19H2,1-2H3. The van der Waals surface area contributed by atoms with Crippen LogP contribution in [0.3, 0.4) is 0 Å². The Morgan fingerprint density at radius 1 is 0.905 bits per heavy atom. The molecule has 1 saturated carbocycles. The number of nitrogens with two attached hydrogens (primary N) is 1. The maximum atomic E-state index is 6.25. The lowest BCUT2D eigenvalue weighted by atomic mass is 9.84. The van der Waals surface area contributed by atoms with Crippen molar-refractivity contribution in [1.29, 1.82) is 0 Å². The number of nitrogens with zero attached hydrogens (tertiary/aromatic N) is 1.